The molecule has 0 aliphatic heterocycles. The van der Waals surface area contributed by atoms with E-state index in [9.17, 15) is 0 Å². The molecule has 2 rings (SSSR count). The SMILES string of the molecule is SCc1cccnc1CCc1ccccc1. The van der Waals surface area contributed by atoms with Crippen LogP contribution >= 0.6 is 12.6 Å². The number of hydrogen-bond acceptors (Lipinski definition) is 2. The number of aryl methyl sites for hydroxylation is 2. The summed E-state index contributed by atoms with van der Waals surface area (Å²) >= 11 is 4.32. The first-order valence-corrected chi connectivity index (χ1v) is 6.11. The lowest BCUT2D eigenvalue weighted by Gasteiger charge is -2.05. The minimum atomic E-state index is 0.762. The molecule has 0 atom stereocenters. The van der Waals surface area contributed by atoms with E-state index >= 15 is 0 Å². The Morgan fingerprint density at radius 2 is 1.75 bits per heavy atom. The lowest BCUT2D eigenvalue weighted by molar-refractivity contribution is 0.898. The fraction of sp³-hybridized carbons (Fsp3) is 0.214. The predicted octanol–water partition coefficient (Wildman–Crippen LogP) is 3.30. The van der Waals surface area contributed by atoms with Crippen LogP contribution in [0.5, 0.6) is 0 Å². The van der Waals surface area contributed by atoms with Crippen LogP contribution in [0.15, 0.2) is 48.7 Å². The number of rotatable bonds is 4. The molecule has 2 aromatic rings. The first-order valence-electron chi connectivity index (χ1n) is 5.47. The first-order chi connectivity index (χ1) is 7.90. The van der Waals surface area contributed by atoms with Crippen LogP contribution in [-0.2, 0) is 18.6 Å². The normalized spacial score (nSPS) is 10.3. The zero-order chi connectivity index (χ0) is 11.2. The molecule has 0 spiro atoms. The van der Waals surface area contributed by atoms with Crippen LogP contribution in [0.25, 0.3) is 0 Å². The van der Waals surface area contributed by atoms with Crippen molar-refractivity contribution in [2.45, 2.75) is 18.6 Å². The molecule has 0 amide bonds. The third-order valence-electron chi connectivity index (χ3n) is 2.65. The topological polar surface area (TPSA) is 12.9 Å². The molecule has 1 nitrogen and oxygen atoms in total. The monoisotopic (exact) mass is 229 g/mol. The molecular formula is C14H15NS. The molecule has 0 fully saturated rings. The van der Waals surface area contributed by atoms with Crippen LogP contribution in [-0.4, -0.2) is 4.98 Å². The van der Waals surface area contributed by atoms with Gasteiger partial charge in [-0.25, -0.2) is 0 Å². The summed E-state index contributed by atoms with van der Waals surface area (Å²) in [5.74, 6) is 0.762. The van der Waals surface area contributed by atoms with Gasteiger partial charge in [-0.2, -0.15) is 12.6 Å². The van der Waals surface area contributed by atoms with Crippen LogP contribution in [0, 0.1) is 0 Å². The third kappa shape index (κ3) is 2.86. The summed E-state index contributed by atoms with van der Waals surface area (Å²) in [6.07, 6.45) is 3.88. The zero-order valence-electron chi connectivity index (χ0n) is 9.13. The van der Waals surface area contributed by atoms with Crippen molar-refractivity contribution in [1.29, 1.82) is 0 Å². The van der Waals surface area contributed by atoms with Crippen molar-refractivity contribution in [3.05, 3.63) is 65.5 Å². The second-order valence-corrected chi connectivity index (χ2v) is 4.07. The zero-order valence-corrected chi connectivity index (χ0v) is 10.0. The van der Waals surface area contributed by atoms with Crippen LogP contribution in [0.2, 0.25) is 0 Å². The van der Waals surface area contributed by atoms with E-state index in [1.54, 1.807) is 0 Å². The van der Waals surface area contributed by atoms with Gasteiger partial charge in [-0.05, 0) is 30.0 Å². The smallest absolute Gasteiger partial charge is 0.0447 e. The lowest BCUT2D eigenvalue weighted by Crippen LogP contribution is -1.98. The molecule has 1 heterocycles. The lowest BCUT2D eigenvalue weighted by atomic mass is 10.1. The summed E-state index contributed by atoms with van der Waals surface area (Å²) in [5.41, 5.74) is 3.77. The van der Waals surface area contributed by atoms with Gasteiger partial charge in [0.05, 0.1) is 0 Å². The fourth-order valence-corrected chi connectivity index (χ4v) is 2.04. The molecule has 0 aliphatic rings. The summed E-state index contributed by atoms with van der Waals surface area (Å²) in [7, 11) is 0. The number of thiol groups is 1. The molecule has 0 saturated heterocycles. The predicted molar refractivity (Wildman–Crippen MR) is 70.8 cm³/mol. The van der Waals surface area contributed by atoms with Gasteiger partial charge in [0, 0.05) is 17.6 Å². The Hall–Kier alpha value is -1.28. The fourth-order valence-electron chi connectivity index (χ4n) is 1.75. The maximum Gasteiger partial charge on any atom is 0.0447 e. The Morgan fingerprint density at radius 3 is 2.50 bits per heavy atom. The van der Waals surface area contributed by atoms with Gasteiger partial charge in [0.2, 0.25) is 0 Å². The number of benzene rings is 1. The van der Waals surface area contributed by atoms with Gasteiger partial charge in [0.15, 0.2) is 0 Å². The van der Waals surface area contributed by atoms with Crippen LogP contribution < -0.4 is 0 Å². The molecular weight excluding hydrogens is 214 g/mol. The van der Waals surface area contributed by atoms with E-state index in [0.717, 1.165) is 18.6 Å². The Labute approximate surface area is 102 Å². The summed E-state index contributed by atoms with van der Waals surface area (Å²) in [6, 6.07) is 14.6. The minimum Gasteiger partial charge on any atom is -0.261 e. The highest BCUT2D eigenvalue weighted by atomic mass is 32.1. The Balaban J connectivity index is 2.05. The van der Waals surface area contributed by atoms with Crippen molar-refractivity contribution < 1.29 is 0 Å². The van der Waals surface area contributed by atoms with Gasteiger partial charge in [-0.1, -0.05) is 36.4 Å². The largest absolute Gasteiger partial charge is 0.261 e. The van der Waals surface area contributed by atoms with Gasteiger partial charge in [0.25, 0.3) is 0 Å². The molecule has 0 saturated carbocycles. The standard InChI is InChI=1S/C14H15NS/c16-11-13-7-4-10-15-14(13)9-8-12-5-2-1-3-6-12/h1-7,10,16H,8-9,11H2. The van der Waals surface area contributed by atoms with Gasteiger partial charge in [0.1, 0.15) is 0 Å². The maximum absolute atomic E-state index is 4.42. The summed E-state index contributed by atoms with van der Waals surface area (Å²) in [4.78, 5) is 4.42. The van der Waals surface area contributed by atoms with Gasteiger partial charge in [-0.3, -0.25) is 4.98 Å². The maximum atomic E-state index is 4.42. The minimum absolute atomic E-state index is 0.762. The highest BCUT2D eigenvalue weighted by Crippen LogP contribution is 2.11. The molecule has 0 unspecified atom stereocenters. The highest BCUT2D eigenvalue weighted by Gasteiger charge is 2.01. The first kappa shape index (κ1) is 11.2. The Kier molecular flexibility index (Phi) is 4.00. The van der Waals surface area contributed by atoms with E-state index in [0.29, 0.717) is 0 Å². The van der Waals surface area contributed by atoms with Gasteiger partial charge >= 0.3 is 0 Å². The van der Waals surface area contributed by atoms with Crippen molar-refractivity contribution >= 4 is 12.6 Å². The van der Waals surface area contributed by atoms with Gasteiger partial charge < -0.3 is 0 Å². The van der Waals surface area contributed by atoms with Crippen molar-refractivity contribution in [2.75, 3.05) is 0 Å². The number of nitrogens with zero attached hydrogens (tertiary/aromatic N) is 1. The average Bonchev–Trinajstić information content (AvgIpc) is 2.38. The quantitative estimate of drug-likeness (QED) is 0.794. The second-order valence-electron chi connectivity index (χ2n) is 3.75. The molecule has 0 N–H and O–H groups in total. The molecule has 0 bridgehead atoms. The molecule has 82 valence electrons. The number of hydrogen-bond donors (Lipinski definition) is 1. The summed E-state index contributed by atoms with van der Waals surface area (Å²) in [5, 5.41) is 0. The third-order valence-corrected chi connectivity index (χ3v) is 2.99. The highest BCUT2D eigenvalue weighted by molar-refractivity contribution is 7.79. The Morgan fingerprint density at radius 1 is 0.938 bits per heavy atom. The molecule has 1 aromatic carbocycles. The van der Waals surface area contributed by atoms with Crippen molar-refractivity contribution in [2.24, 2.45) is 0 Å². The van der Waals surface area contributed by atoms with E-state index in [2.05, 4.69) is 47.9 Å². The summed E-state index contributed by atoms with van der Waals surface area (Å²) < 4.78 is 0. The van der Waals surface area contributed by atoms with Crippen LogP contribution in [0.4, 0.5) is 0 Å². The Bertz CT molecular complexity index is 439. The van der Waals surface area contributed by atoms with E-state index in [1.807, 2.05) is 18.3 Å². The molecule has 2 heteroatoms. The van der Waals surface area contributed by atoms with Crippen molar-refractivity contribution in [3.63, 3.8) is 0 Å². The molecule has 0 radical (unpaired) electrons. The van der Waals surface area contributed by atoms with E-state index in [1.165, 1.54) is 16.8 Å². The molecule has 0 aliphatic carbocycles. The number of pyridine rings is 1. The van der Waals surface area contributed by atoms with Crippen LogP contribution in [0.3, 0.4) is 0 Å². The van der Waals surface area contributed by atoms with E-state index in [-0.39, 0.29) is 0 Å². The van der Waals surface area contributed by atoms with Crippen molar-refractivity contribution in [3.8, 4) is 0 Å². The molecule has 16 heavy (non-hydrogen) atoms. The summed E-state index contributed by atoms with van der Waals surface area (Å²) in [6.45, 7) is 0. The molecule has 1 aromatic heterocycles. The second kappa shape index (κ2) is 5.71. The number of aromatic nitrogens is 1. The van der Waals surface area contributed by atoms with E-state index < -0.39 is 0 Å². The van der Waals surface area contributed by atoms with Gasteiger partial charge in [-0.15, -0.1) is 0 Å². The van der Waals surface area contributed by atoms with E-state index in [4.69, 9.17) is 0 Å². The van der Waals surface area contributed by atoms with Crippen molar-refractivity contribution in [1.82, 2.24) is 4.98 Å². The average molecular weight is 229 g/mol. The van der Waals surface area contributed by atoms with Crippen LogP contribution in [0.1, 0.15) is 16.8 Å².